The number of benzene rings is 2. The second-order valence-electron chi connectivity index (χ2n) is 6.63. The van der Waals surface area contributed by atoms with E-state index in [2.05, 4.69) is 10.0 Å². The summed E-state index contributed by atoms with van der Waals surface area (Å²) in [6, 6.07) is 11.4. The minimum atomic E-state index is -3.90. The Balaban J connectivity index is 1.80. The van der Waals surface area contributed by atoms with E-state index in [1.165, 1.54) is 13.2 Å². The van der Waals surface area contributed by atoms with Gasteiger partial charge in [-0.25, -0.2) is 8.42 Å². The molecule has 0 saturated carbocycles. The van der Waals surface area contributed by atoms with Gasteiger partial charge in [0.05, 0.1) is 23.8 Å². The van der Waals surface area contributed by atoms with Crippen LogP contribution < -0.4 is 14.8 Å². The molecule has 28 heavy (non-hydrogen) atoms. The number of sulfonamides is 1. The van der Waals surface area contributed by atoms with Crippen LogP contribution in [-0.4, -0.2) is 40.7 Å². The third-order valence-corrected chi connectivity index (χ3v) is 6.11. The third kappa shape index (κ3) is 4.63. The molecule has 0 spiro atoms. The molecule has 7 nitrogen and oxygen atoms in total. The number of rotatable bonds is 7. The molecule has 0 aliphatic carbocycles. The number of amides is 1. The van der Waals surface area contributed by atoms with Gasteiger partial charge in [0.15, 0.2) is 0 Å². The van der Waals surface area contributed by atoms with Crippen LogP contribution in [0.2, 0.25) is 0 Å². The smallest absolute Gasteiger partial charge is 0.262 e. The van der Waals surface area contributed by atoms with E-state index in [4.69, 9.17) is 9.47 Å². The average Bonchev–Trinajstić information content (AvgIpc) is 3.20. The predicted octanol–water partition coefficient (Wildman–Crippen LogP) is 2.71. The molecular weight excluding hydrogens is 380 g/mol. The lowest BCUT2D eigenvalue weighted by atomic mass is 10.1. The fourth-order valence-electron chi connectivity index (χ4n) is 3.07. The first kappa shape index (κ1) is 20.2. The molecule has 1 heterocycles. The molecule has 0 radical (unpaired) electrons. The van der Waals surface area contributed by atoms with Crippen molar-refractivity contribution in [2.45, 2.75) is 30.8 Å². The zero-order valence-electron chi connectivity index (χ0n) is 15.9. The van der Waals surface area contributed by atoms with Gasteiger partial charge in [0.2, 0.25) is 0 Å². The number of carbonyl (C=O) groups is 1. The lowest BCUT2D eigenvalue weighted by Crippen LogP contribution is -2.32. The van der Waals surface area contributed by atoms with Gasteiger partial charge in [-0.15, -0.1) is 0 Å². The Hall–Kier alpha value is -2.58. The van der Waals surface area contributed by atoms with E-state index in [1.54, 1.807) is 43.3 Å². The number of ether oxygens (including phenoxy) is 2. The lowest BCUT2D eigenvalue weighted by Gasteiger charge is -2.15. The summed E-state index contributed by atoms with van der Waals surface area (Å²) in [4.78, 5) is 12.5. The molecular formula is C20H24N2O5S. The van der Waals surface area contributed by atoms with Gasteiger partial charge in [-0.05, 0) is 49.6 Å². The minimum absolute atomic E-state index is 0.0183. The molecule has 1 amide bonds. The zero-order valence-corrected chi connectivity index (χ0v) is 16.7. The maximum atomic E-state index is 12.9. The Kier molecular flexibility index (Phi) is 6.21. The van der Waals surface area contributed by atoms with Crippen LogP contribution in [0.25, 0.3) is 0 Å². The molecule has 3 rings (SSSR count). The molecule has 0 unspecified atom stereocenters. The Morgan fingerprint density at radius 2 is 2.04 bits per heavy atom. The summed E-state index contributed by atoms with van der Waals surface area (Å²) in [5.41, 5.74) is 1.15. The van der Waals surface area contributed by atoms with Crippen LogP contribution in [0.5, 0.6) is 5.75 Å². The van der Waals surface area contributed by atoms with E-state index in [9.17, 15) is 13.2 Å². The first-order chi connectivity index (χ1) is 13.4. The molecule has 1 saturated heterocycles. The molecule has 1 fully saturated rings. The number of aryl methyl sites for hydroxylation is 1. The van der Waals surface area contributed by atoms with Gasteiger partial charge in [0.1, 0.15) is 5.75 Å². The molecule has 150 valence electrons. The predicted molar refractivity (Wildman–Crippen MR) is 106 cm³/mol. The highest BCUT2D eigenvalue weighted by Gasteiger charge is 2.22. The van der Waals surface area contributed by atoms with Crippen LogP contribution in [0.4, 0.5) is 5.69 Å². The average molecular weight is 404 g/mol. The molecule has 0 aromatic heterocycles. The lowest BCUT2D eigenvalue weighted by molar-refractivity contribution is 0.0857. The Morgan fingerprint density at radius 3 is 2.75 bits per heavy atom. The standard InChI is InChI=1S/C20H24N2O5S/c1-14-9-10-15(20(23)21-13-16-6-5-11-27-16)12-19(14)28(24,25)22-17-7-3-4-8-18(17)26-2/h3-4,7-10,12,16,22H,5-6,11,13H2,1-2H3,(H,21,23)/t16-/m1/s1. The van der Waals surface area contributed by atoms with Crippen molar-refractivity contribution in [2.24, 2.45) is 0 Å². The van der Waals surface area contributed by atoms with Crippen molar-refractivity contribution in [3.8, 4) is 5.75 Å². The van der Waals surface area contributed by atoms with Crippen molar-refractivity contribution in [1.29, 1.82) is 0 Å². The van der Waals surface area contributed by atoms with E-state index in [-0.39, 0.29) is 22.5 Å². The second kappa shape index (κ2) is 8.62. The van der Waals surface area contributed by atoms with E-state index < -0.39 is 10.0 Å². The summed E-state index contributed by atoms with van der Waals surface area (Å²) in [5.74, 6) is 0.0819. The van der Waals surface area contributed by atoms with Crippen LogP contribution in [0.15, 0.2) is 47.4 Å². The zero-order chi connectivity index (χ0) is 20.1. The normalized spacial score (nSPS) is 16.6. The number of anilines is 1. The fraction of sp³-hybridized carbons (Fsp3) is 0.350. The SMILES string of the molecule is COc1ccccc1NS(=O)(=O)c1cc(C(=O)NC[C@H]2CCCO2)ccc1C. The molecule has 2 N–H and O–H groups in total. The van der Waals surface area contributed by atoms with Crippen molar-refractivity contribution in [2.75, 3.05) is 25.0 Å². The Labute approximate surface area is 165 Å². The first-order valence-electron chi connectivity index (χ1n) is 9.07. The number of para-hydroxylation sites is 2. The summed E-state index contributed by atoms with van der Waals surface area (Å²) < 4.78 is 39.1. The topological polar surface area (TPSA) is 93.7 Å². The van der Waals surface area contributed by atoms with E-state index in [0.717, 1.165) is 12.8 Å². The number of hydrogen-bond donors (Lipinski definition) is 2. The van der Waals surface area contributed by atoms with Crippen LogP contribution in [-0.2, 0) is 14.8 Å². The largest absolute Gasteiger partial charge is 0.495 e. The second-order valence-corrected chi connectivity index (χ2v) is 8.28. The molecule has 0 bridgehead atoms. The van der Waals surface area contributed by atoms with Gasteiger partial charge in [-0.3, -0.25) is 9.52 Å². The van der Waals surface area contributed by atoms with Crippen molar-refractivity contribution in [3.63, 3.8) is 0 Å². The van der Waals surface area contributed by atoms with Crippen molar-refractivity contribution in [1.82, 2.24) is 5.32 Å². The number of carbonyl (C=O) groups excluding carboxylic acids is 1. The molecule has 8 heteroatoms. The van der Waals surface area contributed by atoms with E-state index in [0.29, 0.717) is 30.2 Å². The Bertz CT molecular complexity index is 953. The fourth-order valence-corrected chi connectivity index (χ4v) is 4.42. The van der Waals surface area contributed by atoms with Gasteiger partial charge in [0, 0.05) is 18.7 Å². The van der Waals surface area contributed by atoms with Crippen molar-refractivity contribution >= 4 is 21.6 Å². The summed E-state index contributed by atoms with van der Waals surface area (Å²) >= 11 is 0. The highest BCUT2D eigenvalue weighted by Crippen LogP contribution is 2.27. The molecule has 2 aromatic carbocycles. The van der Waals surface area contributed by atoms with Crippen molar-refractivity contribution < 1.29 is 22.7 Å². The molecule has 1 atom stereocenters. The number of hydrogen-bond acceptors (Lipinski definition) is 5. The Morgan fingerprint density at radius 1 is 1.25 bits per heavy atom. The summed E-state index contributed by atoms with van der Waals surface area (Å²) in [5, 5.41) is 2.81. The van der Waals surface area contributed by atoms with E-state index >= 15 is 0 Å². The van der Waals surface area contributed by atoms with Gasteiger partial charge in [-0.2, -0.15) is 0 Å². The highest BCUT2D eigenvalue weighted by atomic mass is 32.2. The highest BCUT2D eigenvalue weighted by molar-refractivity contribution is 7.92. The van der Waals surface area contributed by atoms with Crippen LogP contribution in [0.3, 0.4) is 0 Å². The third-order valence-electron chi connectivity index (χ3n) is 4.61. The van der Waals surface area contributed by atoms with Crippen molar-refractivity contribution in [3.05, 3.63) is 53.6 Å². The van der Waals surface area contributed by atoms with Crippen LogP contribution in [0.1, 0.15) is 28.8 Å². The van der Waals surface area contributed by atoms with Crippen LogP contribution >= 0.6 is 0 Å². The summed E-state index contributed by atoms with van der Waals surface area (Å²) in [7, 11) is -2.43. The molecule has 2 aromatic rings. The van der Waals surface area contributed by atoms with Crippen LogP contribution in [0, 0.1) is 6.92 Å². The maximum Gasteiger partial charge on any atom is 0.262 e. The molecule has 1 aliphatic rings. The summed E-state index contributed by atoms with van der Waals surface area (Å²) in [6.45, 7) is 2.81. The maximum absolute atomic E-state index is 12.9. The quantitative estimate of drug-likeness (QED) is 0.740. The monoisotopic (exact) mass is 404 g/mol. The molecule has 1 aliphatic heterocycles. The minimum Gasteiger partial charge on any atom is -0.495 e. The summed E-state index contributed by atoms with van der Waals surface area (Å²) in [6.07, 6.45) is 1.92. The number of nitrogens with one attached hydrogen (secondary N) is 2. The van der Waals surface area contributed by atoms with Gasteiger partial charge >= 0.3 is 0 Å². The van der Waals surface area contributed by atoms with E-state index in [1.807, 2.05) is 0 Å². The van der Waals surface area contributed by atoms with Gasteiger partial charge in [-0.1, -0.05) is 18.2 Å². The first-order valence-corrected chi connectivity index (χ1v) is 10.6. The number of methoxy groups -OCH3 is 1. The van der Waals surface area contributed by atoms with Gasteiger partial charge < -0.3 is 14.8 Å². The van der Waals surface area contributed by atoms with Gasteiger partial charge in [0.25, 0.3) is 15.9 Å².